The lowest BCUT2D eigenvalue weighted by atomic mass is 10.2. The van der Waals surface area contributed by atoms with Gasteiger partial charge in [0, 0.05) is 23.8 Å². The molecule has 9 nitrogen and oxygen atoms in total. The van der Waals surface area contributed by atoms with E-state index in [2.05, 4.69) is 20.8 Å². The Morgan fingerprint density at radius 3 is 2.53 bits per heavy atom. The molecule has 0 fully saturated rings. The van der Waals surface area contributed by atoms with Crippen LogP contribution in [0.5, 0.6) is 0 Å². The molecule has 0 saturated carbocycles. The average Bonchev–Trinajstić information content (AvgIpc) is 3.44. The van der Waals surface area contributed by atoms with Gasteiger partial charge in [0.1, 0.15) is 5.69 Å². The number of nitrogens with zero attached hydrogens (tertiary/aromatic N) is 5. The number of aliphatic hydroxyl groups excluding tert-OH is 1. The molecule has 11 heteroatoms. The predicted molar refractivity (Wildman–Crippen MR) is 129 cm³/mol. The van der Waals surface area contributed by atoms with E-state index in [4.69, 9.17) is 5.26 Å². The fraction of sp³-hybridized carbons (Fsp3) is 0.174. The van der Waals surface area contributed by atoms with E-state index in [-0.39, 0.29) is 10.7 Å². The molecular weight excluding hydrogens is 472 g/mol. The summed E-state index contributed by atoms with van der Waals surface area (Å²) < 4.78 is 28.9. The molecule has 174 valence electrons. The minimum absolute atomic E-state index is 0.189. The summed E-state index contributed by atoms with van der Waals surface area (Å²) in [7, 11) is -2.38. The van der Waals surface area contributed by atoms with Crippen molar-refractivity contribution in [3.63, 3.8) is 0 Å². The van der Waals surface area contributed by atoms with Gasteiger partial charge in [0.15, 0.2) is 16.4 Å². The Hall–Kier alpha value is -3.56. The smallest absolute Gasteiger partial charge is 0.262 e. The molecule has 0 amide bonds. The number of rotatable bonds is 8. The fourth-order valence-electron chi connectivity index (χ4n) is 3.30. The van der Waals surface area contributed by atoms with Crippen molar-refractivity contribution in [2.24, 2.45) is 7.05 Å². The Morgan fingerprint density at radius 2 is 1.91 bits per heavy atom. The van der Waals surface area contributed by atoms with E-state index in [1.54, 1.807) is 26.1 Å². The Labute approximate surface area is 201 Å². The highest BCUT2D eigenvalue weighted by Crippen LogP contribution is 2.35. The quantitative estimate of drug-likeness (QED) is 0.360. The van der Waals surface area contributed by atoms with Gasteiger partial charge in [-0.2, -0.15) is 9.98 Å². The van der Waals surface area contributed by atoms with Gasteiger partial charge in [0.25, 0.3) is 10.0 Å². The molecule has 2 aromatic heterocycles. The van der Waals surface area contributed by atoms with Crippen molar-refractivity contribution >= 4 is 32.2 Å². The van der Waals surface area contributed by atoms with Gasteiger partial charge in [-0.3, -0.25) is 0 Å². The first-order valence-electron chi connectivity index (χ1n) is 10.2. The molecule has 0 saturated heterocycles. The SMILES string of the molecule is Cc1sc(N(Cc2ccccc2)c2ccc(C#N)cc2)nc1C(O)NS(=O)(=O)c1cn(C)cn1. The highest BCUT2D eigenvalue weighted by atomic mass is 32.2. The van der Waals surface area contributed by atoms with Crippen molar-refractivity contribution in [3.8, 4) is 6.07 Å². The molecule has 1 unspecified atom stereocenters. The third kappa shape index (κ3) is 5.16. The van der Waals surface area contributed by atoms with Gasteiger partial charge in [0.2, 0.25) is 0 Å². The molecule has 0 aliphatic heterocycles. The summed E-state index contributed by atoms with van der Waals surface area (Å²) in [6, 6.07) is 19.0. The number of nitrogens with one attached hydrogen (secondary N) is 1. The standard InChI is InChI=1S/C23H22N6O3S2/c1-16-21(22(30)27-34(31,32)20-14-28(2)15-25-20)26-23(33-16)29(13-18-6-4-3-5-7-18)19-10-8-17(12-24)9-11-19/h3-11,14-15,22,27,30H,13H2,1-2H3. The van der Waals surface area contributed by atoms with Crippen LogP contribution in [0.25, 0.3) is 0 Å². The van der Waals surface area contributed by atoms with Crippen LogP contribution in [0.3, 0.4) is 0 Å². The van der Waals surface area contributed by atoms with Crippen molar-refractivity contribution in [1.29, 1.82) is 5.26 Å². The number of aliphatic hydroxyl groups is 1. The predicted octanol–water partition coefficient (Wildman–Crippen LogP) is 3.36. The maximum Gasteiger partial charge on any atom is 0.262 e. The fourth-order valence-corrected chi connectivity index (χ4v) is 5.28. The van der Waals surface area contributed by atoms with Crippen molar-refractivity contribution in [2.75, 3.05) is 4.90 Å². The van der Waals surface area contributed by atoms with Crippen LogP contribution in [0, 0.1) is 18.3 Å². The second-order valence-corrected chi connectivity index (χ2v) is 10.4. The molecule has 1 atom stereocenters. The lowest BCUT2D eigenvalue weighted by molar-refractivity contribution is 0.161. The summed E-state index contributed by atoms with van der Waals surface area (Å²) >= 11 is 1.34. The molecule has 2 aromatic carbocycles. The zero-order valence-electron chi connectivity index (χ0n) is 18.5. The first-order valence-corrected chi connectivity index (χ1v) is 12.5. The van der Waals surface area contributed by atoms with Crippen LogP contribution in [0.2, 0.25) is 0 Å². The average molecular weight is 495 g/mol. The summed E-state index contributed by atoms with van der Waals surface area (Å²) in [5.41, 5.74) is 2.61. The Balaban J connectivity index is 1.65. The normalized spacial score (nSPS) is 12.3. The van der Waals surface area contributed by atoms with E-state index < -0.39 is 16.3 Å². The van der Waals surface area contributed by atoms with Crippen LogP contribution < -0.4 is 9.62 Å². The van der Waals surface area contributed by atoms with Crippen molar-refractivity contribution in [1.82, 2.24) is 19.3 Å². The highest BCUT2D eigenvalue weighted by molar-refractivity contribution is 7.89. The van der Waals surface area contributed by atoms with Crippen molar-refractivity contribution < 1.29 is 13.5 Å². The van der Waals surface area contributed by atoms with Gasteiger partial charge in [-0.25, -0.2) is 18.4 Å². The van der Waals surface area contributed by atoms with E-state index in [1.807, 2.05) is 47.4 Å². The van der Waals surface area contributed by atoms with Crippen LogP contribution in [0.4, 0.5) is 10.8 Å². The van der Waals surface area contributed by atoms with Gasteiger partial charge in [0.05, 0.1) is 24.5 Å². The number of hydrogen-bond donors (Lipinski definition) is 2. The molecule has 0 radical (unpaired) electrons. The van der Waals surface area contributed by atoms with Crippen LogP contribution in [-0.2, 0) is 23.6 Å². The van der Waals surface area contributed by atoms with Gasteiger partial charge in [-0.05, 0) is 36.8 Å². The first-order chi connectivity index (χ1) is 16.3. The van der Waals surface area contributed by atoms with E-state index in [0.29, 0.717) is 22.1 Å². The van der Waals surface area contributed by atoms with Gasteiger partial charge in [-0.15, -0.1) is 11.3 Å². The summed E-state index contributed by atoms with van der Waals surface area (Å²) in [4.78, 5) is 11.0. The van der Waals surface area contributed by atoms with Crippen LogP contribution in [0.1, 0.15) is 27.9 Å². The van der Waals surface area contributed by atoms with E-state index in [9.17, 15) is 13.5 Å². The maximum absolute atomic E-state index is 12.6. The van der Waals surface area contributed by atoms with E-state index in [0.717, 1.165) is 11.3 Å². The Bertz CT molecular complexity index is 1420. The number of hydrogen-bond acceptors (Lipinski definition) is 8. The zero-order chi connectivity index (χ0) is 24.3. The molecule has 2 N–H and O–H groups in total. The first kappa shape index (κ1) is 23.6. The topological polar surface area (TPSA) is 124 Å². The number of benzene rings is 2. The number of anilines is 2. The second kappa shape index (κ2) is 9.74. The van der Waals surface area contributed by atoms with Crippen molar-refractivity contribution in [3.05, 3.63) is 88.8 Å². The molecule has 2 heterocycles. The third-order valence-electron chi connectivity index (χ3n) is 5.03. The minimum atomic E-state index is -4.03. The maximum atomic E-state index is 12.6. The van der Waals surface area contributed by atoms with E-state index in [1.165, 1.54) is 28.4 Å². The van der Waals surface area contributed by atoms with Crippen LogP contribution in [0.15, 0.2) is 72.1 Å². The molecule has 4 rings (SSSR count). The van der Waals surface area contributed by atoms with Crippen LogP contribution >= 0.6 is 11.3 Å². The molecule has 0 bridgehead atoms. The Kier molecular flexibility index (Phi) is 6.76. The second-order valence-electron chi connectivity index (χ2n) is 7.57. The molecule has 0 aliphatic carbocycles. The molecule has 4 aromatic rings. The molecule has 0 aliphatic rings. The van der Waals surface area contributed by atoms with Crippen LogP contribution in [-0.4, -0.2) is 28.1 Å². The van der Waals surface area contributed by atoms with Gasteiger partial charge < -0.3 is 14.6 Å². The highest BCUT2D eigenvalue weighted by Gasteiger charge is 2.26. The number of sulfonamides is 1. The largest absolute Gasteiger partial charge is 0.372 e. The number of aromatic nitrogens is 3. The number of imidazole rings is 1. The van der Waals surface area contributed by atoms with Crippen molar-refractivity contribution in [2.45, 2.75) is 24.7 Å². The monoisotopic (exact) mass is 494 g/mol. The number of aryl methyl sites for hydroxylation is 2. The molecule has 0 spiro atoms. The van der Waals surface area contributed by atoms with Gasteiger partial charge >= 0.3 is 0 Å². The summed E-state index contributed by atoms with van der Waals surface area (Å²) in [5.74, 6) is 0. The van der Waals surface area contributed by atoms with Gasteiger partial charge in [-0.1, -0.05) is 30.3 Å². The number of thiazole rings is 1. The minimum Gasteiger partial charge on any atom is -0.372 e. The summed E-state index contributed by atoms with van der Waals surface area (Å²) in [5, 5.41) is 20.2. The third-order valence-corrected chi connectivity index (χ3v) is 7.33. The van der Waals surface area contributed by atoms with E-state index >= 15 is 0 Å². The Morgan fingerprint density at radius 1 is 1.21 bits per heavy atom. The lowest BCUT2D eigenvalue weighted by Crippen LogP contribution is -2.29. The lowest BCUT2D eigenvalue weighted by Gasteiger charge is -2.22. The number of nitriles is 1. The molecular formula is C23H22N6O3S2. The summed E-state index contributed by atoms with van der Waals surface area (Å²) in [6.45, 7) is 2.27. The zero-order valence-corrected chi connectivity index (χ0v) is 20.1. The molecule has 34 heavy (non-hydrogen) atoms. The summed E-state index contributed by atoms with van der Waals surface area (Å²) in [6.07, 6.45) is 1.17.